The van der Waals surface area contributed by atoms with Crippen molar-refractivity contribution in [2.45, 2.75) is 13.5 Å². The van der Waals surface area contributed by atoms with Crippen molar-refractivity contribution in [1.82, 2.24) is 4.72 Å². The summed E-state index contributed by atoms with van der Waals surface area (Å²) in [6.45, 7) is 1.81. The number of hydrogen-bond acceptors (Lipinski definition) is 2. The van der Waals surface area contributed by atoms with E-state index >= 15 is 0 Å². The summed E-state index contributed by atoms with van der Waals surface area (Å²) < 4.78 is 39.5. The van der Waals surface area contributed by atoms with Crippen LogP contribution in [0.3, 0.4) is 0 Å². The van der Waals surface area contributed by atoms with Crippen molar-refractivity contribution < 1.29 is 12.8 Å². The molecule has 0 heterocycles. The van der Waals surface area contributed by atoms with Gasteiger partial charge in [0.25, 0.3) is 0 Å². The van der Waals surface area contributed by atoms with E-state index in [1.165, 1.54) is 12.1 Å². The van der Waals surface area contributed by atoms with Crippen molar-refractivity contribution >= 4 is 37.6 Å². The number of sulfonamides is 1. The monoisotopic (exact) mass is 357 g/mol. The van der Waals surface area contributed by atoms with Crippen LogP contribution in [0.25, 0.3) is 0 Å². The van der Waals surface area contributed by atoms with E-state index in [1.54, 1.807) is 13.0 Å². The Morgan fingerprint density at radius 3 is 2.78 bits per heavy atom. The molecular weight excluding hydrogens is 345 g/mol. The molecule has 1 unspecified atom stereocenters. The molecule has 0 spiro atoms. The SMILES string of the molecule is CC(CCl)CS(=O)(=O)NCc1cc(F)ccc1Br. The number of benzene rings is 1. The largest absolute Gasteiger partial charge is 0.212 e. The van der Waals surface area contributed by atoms with Crippen molar-refractivity contribution in [2.75, 3.05) is 11.6 Å². The highest BCUT2D eigenvalue weighted by atomic mass is 79.9. The molecule has 1 rings (SSSR count). The fourth-order valence-electron chi connectivity index (χ4n) is 1.34. The lowest BCUT2D eigenvalue weighted by Crippen LogP contribution is -2.29. The summed E-state index contributed by atoms with van der Waals surface area (Å²) in [5, 5.41) is 0. The Labute approximate surface area is 120 Å². The first-order valence-electron chi connectivity index (χ1n) is 5.31. The van der Waals surface area contributed by atoms with E-state index in [2.05, 4.69) is 20.7 Å². The molecule has 0 radical (unpaired) electrons. The van der Waals surface area contributed by atoms with E-state index in [0.717, 1.165) is 0 Å². The third-order valence-corrected chi connectivity index (χ3v) is 5.15. The fourth-order valence-corrected chi connectivity index (χ4v) is 3.33. The normalized spacial score (nSPS) is 13.6. The molecule has 18 heavy (non-hydrogen) atoms. The lowest BCUT2D eigenvalue weighted by Gasteiger charge is -2.11. The van der Waals surface area contributed by atoms with Crippen LogP contribution in [0.15, 0.2) is 22.7 Å². The van der Waals surface area contributed by atoms with E-state index in [9.17, 15) is 12.8 Å². The van der Waals surface area contributed by atoms with E-state index < -0.39 is 15.8 Å². The summed E-state index contributed by atoms with van der Waals surface area (Å²) >= 11 is 8.81. The molecule has 1 aromatic rings. The molecule has 0 aliphatic heterocycles. The van der Waals surface area contributed by atoms with Crippen LogP contribution in [0.1, 0.15) is 12.5 Å². The first-order chi connectivity index (χ1) is 8.34. The van der Waals surface area contributed by atoms with Gasteiger partial charge in [-0.25, -0.2) is 17.5 Å². The van der Waals surface area contributed by atoms with Gasteiger partial charge in [0.2, 0.25) is 10.0 Å². The van der Waals surface area contributed by atoms with Crippen LogP contribution in [0.2, 0.25) is 0 Å². The molecule has 1 aromatic carbocycles. The van der Waals surface area contributed by atoms with E-state index in [0.29, 0.717) is 10.0 Å². The second-order valence-electron chi connectivity index (χ2n) is 4.10. The summed E-state index contributed by atoms with van der Waals surface area (Å²) in [6, 6.07) is 4.13. The van der Waals surface area contributed by atoms with E-state index in [-0.39, 0.29) is 24.1 Å². The molecular formula is C11H14BrClFNO2S. The summed E-state index contributed by atoms with van der Waals surface area (Å²) in [4.78, 5) is 0. The maximum atomic E-state index is 13.0. The highest BCUT2D eigenvalue weighted by Crippen LogP contribution is 2.18. The smallest absolute Gasteiger partial charge is 0.212 e. The van der Waals surface area contributed by atoms with Gasteiger partial charge in [-0.2, -0.15) is 0 Å². The Morgan fingerprint density at radius 2 is 2.17 bits per heavy atom. The number of halogens is 3. The summed E-state index contributed by atoms with van der Waals surface area (Å²) in [7, 11) is -3.40. The van der Waals surface area contributed by atoms with Crippen LogP contribution in [-0.2, 0) is 16.6 Å². The number of hydrogen-bond donors (Lipinski definition) is 1. The lowest BCUT2D eigenvalue weighted by molar-refractivity contribution is 0.567. The molecule has 0 aliphatic carbocycles. The summed E-state index contributed by atoms with van der Waals surface area (Å²) in [6.07, 6.45) is 0. The molecule has 0 aliphatic rings. The predicted octanol–water partition coefficient (Wildman–Crippen LogP) is 2.88. The Bertz CT molecular complexity index is 510. The van der Waals surface area contributed by atoms with Gasteiger partial charge < -0.3 is 0 Å². The fraction of sp³-hybridized carbons (Fsp3) is 0.455. The first-order valence-corrected chi connectivity index (χ1v) is 8.29. The minimum Gasteiger partial charge on any atom is -0.212 e. The molecule has 0 saturated carbocycles. The summed E-state index contributed by atoms with van der Waals surface area (Å²) in [5.41, 5.74) is 0.553. The zero-order valence-electron chi connectivity index (χ0n) is 9.79. The minimum atomic E-state index is -3.40. The molecule has 3 nitrogen and oxygen atoms in total. The van der Waals surface area contributed by atoms with Crippen molar-refractivity contribution in [3.63, 3.8) is 0 Å². The average molecular weight is 359 g/mol. The van der Waals surface area contributed by atoms with Gasteiger partial charge in [0, 0.05) is 16.9 Å². The topological polar surface area (TPSA) is 46.2 Å². The molecule has 0 saturated heterocycles. The number of rotatable bonds is 6. The first kappa shape index (κ1) is 15.9. The maximum absolute atomic E-state index is 13.0. The van der Waals surface area contributed by atoms with Crippen molar-refractivity contribution in [2.24, 2.45) is 5.92 Å². The molecule has 102 valence electrons. The molecule has 1 N–H and O–H groups in total. The Kier molecular flexibility index (Phi) is 6.04. The Morgan fingerprint density at radius 1 is 1.50 bits per heavy atom. The van der Waals surface area contributed by atoms with E-state index in [1.807, 2.05) is 0 Å². The highest BCUT2D eigenvalue weighted by molar-refractivity contribution is 9.10. The zero-order valence-corrected chi connectivity index (χ0v) is 12.9. The zero-order chi connectivity index (χ0) is 13.8. The van der Waals surface area contributed by atoms with Gasteiger partial charge in [0.1, 0.15) is 5.82 Å². The van der Waals surface area contributed by atoms with Gasteiger partial charge in [-0.05, 0) is 29.7 Å². The van der Waals surface area contributed by atoms with Crippen LogP contribution < -0.4 is 4.72 Å². The lowest BCUT2D eigenvalue weighted by atomic mass is 10.2. The highest BCUT2D eigenvalue weighted by Gasteiger charge is 2.15. The molecule has 0 fully saturated rings. The van der Waals surface area contributed by atoms with Crippen molar-refractivity contribution in [1.29, 1.82) is 0 Å². The standard InChI is InChI=1S/C11H14BrClFNO2S/c1-8(5-13)7-18(16,17)15-6-9-4-10(14)2-3-11(9)12/h2-4,8,15H,5-7H2,1H3. The molecule has 0 aromatic heterocycles. The molecule has 0 bridgehead atoms. The van der Waals surface area contributed by atoms with Crippen LogP contribution in [0.5, 0.6) is 0 Å². The quantitative estimate of drug-likeness (QED) is 0.795. The van der Waals surface area contributed by atoms with Gasteiger partial charge in [-0.15, -0.1) is 11.6 Å². The van der Waals surface area contributed by atoms with Crippen LogP contribution in [0.4, 0.5) is 4.39 Å². The molecule has 0 amide bonds. The molecule has 7 heteroatoms. The Hall–Kier alpha value is -0.170. The van der Waals surface area contributed by atoms with Gasteiger partial charge in [0.05, 0.1) is 5.75 Å². The number of alkyl halides is 1. The maximum Gasteiger partial charge on any atom is 0.212 e. The number of nitrogens with one attached hydrogen (secondary N) is 1. The minimum absolute atomic E-state index is 0.0383. The van der Waals surface area contributed by atoms with Crippen LogP contribution in [-0.4, -0.2) is 20.1 Å². The van der Waals surface area contributed by atoms with E-state index in [4.69, 9.17) is 11.6 Å². The Balaban J connectivity index is 2.67. The van der Waals surface area contributed by atoms with Crippen LogP contribution >= 0.6 is 27.5 Å². The van der Waals surface area contributed by atoms with Crippen molar-refractivity contribution in [3.05, 3.63) is 34.1 Å². The predicted molar refractivity (Wildman–Crippen MR) is 74.6 cm³/mol. The van der Waals surface area contributed by atoms with Gasteiger partial charge in [-0.1, -0.05) is 22.9 Å². The third-order valence-electron chi connectivity index (χ3n) is 2.26. The van der Waals surface area contributed by atoms with Gasteiger partial charge >= 0.3 is 0 Å². The second kappa shape index (κ2) is 6.84. The average Bonchev–Trinajstić information content (AvgIpc) is 2.30. The second-order valence-corrected chi connectivity index (χ2v) is 7.11. The summed E-state index contributed by atoms with van der Waals surface area (Å²) in [5.74, 6) is -0.282. The third kappa shape index (κ3) is 5.22. The molecule has 1 atom stereocenters. The van der Waals surface area contributed by atoms with Crippen LogP contribution in [0, 0.1) is 11.7 Å². The van der Waals surface area contributed by atoms with Crippen molar-refractivity contribution in [3.8, 4) is 0 Å². The van der Waals surface area contributed by atoms with Gasteiger partial charge in [-0.3, -0.25) is 0 Å². The van der Waals surface area contributed by atoms with Gasteiger partial charge in [0.15, 0.2) is 0 Å².